The lowest BCUT2D eigenvalue weighted by molar-refractivity contribution is 0.0770. The van der Waals surface area contributed by atoms with Crippen LogP contribution in [0.15, 0.2) is 10.5 Å². The van der Waals surface area contributed by atoms with Gasteiger partial charge in [-0.3, -0.25) is 4.79 Å². The number of hydrogen-bond acceptors (Lipinski definition) is 3. The van der Waals surface area contributed by atoms with E-state index in [2.05, 4.69) is 18.7 Å². The fraction of sp³-hybridized carbons (Fsp3) is 0.750. The number of hydrogen-bond donors (Lipinski definition) is 0. The Balaban J connectivity index is 1.53. The Morgan fingerprint density at radius 1 is 1.17 bits per heavy atom. The summed E-state index contributed by atoms with van der Waals surface area (Å²) >= 11 is 0. The van der Waals surface area contributed by atoms with Gasteiger partial charge in [0.2, 0.25) is 0 Å². The van der Waals surface area contributed by atoms with E-state index in [1.165, 1.54) is 32.5 Å². The van der Waals surface area contributed by atoms with Gasteiger partial charge in [-0.25, -0.2) is 0 Å². The minimum Gasteiger partial charge on any atom is -0.466 e. The summed E-state index contributed by atoms with van der Waals surface area (Å²) in [7, 11) is 0. The Hall–Kier alpha value is -1.29. The number of furan rings is 1. The third kappa shape index (κ3) is 3.85. The van der Waals surface area contributed by atoms with Crippen molar-refractivity contribution < 1.29 is 9.21 Å². The molecule has 0 radical (unpaired) electrons. The van der Waals surface area contributed by atoms with Crippen LogP contribution >= 0.6 is 0 Å². The number of rotatable bonds is 4. The van der Waals surface area contributed by atoms with Crippen LogP contribution in [0, 0.1) is 31.6 Å². The van der Waals surface area contributed by atoms with Crippen LogP contribution in [0.2, 0.25) is 0 Å². The molecule has 24 heavy (non-hydrogen) atoms. The second-order valence-corrected chi connectivity index (χ2v) is 8.16. The van der Waals surface area contributed by atoms with Gasteiger partial charge < -0.3 is 14.2 Å². The highest BCUT2D eigenvalue weighted by molar-refractivity contribution is 5.95. The maximum Gasteiger partial charge on any atom is 0.257 e. The molecule has 1 aromatic rings. The average Bonchev–Trinajstić information content (AvgIpc) is 3.13. The van der Waals surface area contributed by atoms with E-state index in [9.17, 15) is 4.79 Å². The van der Waals surface area contributed by atoms with E-state index in [1.54, 1.807) is 0 Å². The summed E-state index contributed by atoms with van der Waals surface area (Å²) in [6, 6.07) is 1.88. The number of amides is 1. The zero-order valence-electron chi connectivity index (χ0n) is 15.7. The number of aryl methyl sites for hydroxylation is 2. The summed E-state index contributed by atoms with van der Waals surface area (Å²) in [5.41, 5.74) is 0.750. The van der Waals surface area contributed by atoms with Gasteiger partial charge in [0.05, 0.1) is 5.56 Å². The first kappa shape index (κ1) is 17.5. The molecule has 0 aromatic carbocycles. The minimum absolute atomic E-state index is 0.157. The molecule has 0 N–H and O–H groups in total. The summed E-state index contributed by atoms with van der Waals surface area (Å²) < 4.78 is 5.53. The Morgan fingerprint density at radius 3 is 2.42 bits per heavy atom. The van der Waals surface area contributed by atoms with Crippen molar-refractivity contribution in [1.29, 1.82) is 0 Å². The third-order valence-electron chi connectivity index (χ3n) is 5.71. The number of nitrogens with zero attached hydrogens (tertiary/aromatic N) is 2. The van der Waals surface area contributed by atoms with Crippen molar-refractivity contribution in [2.75, 3.05) is 32.7 Å². The maximum absolute atomic E-state index is 12.7. The predicted octanol–water partition coefficient (Wildman–Crippen LogP) is 3.73. The fourth-order valence-corrected chi connectivity index (χ4v) is 4.49. The van der Waals surface area contributed by atoms with Crippen molar-refractivity contribution in [3.05, 3.63) is 23.2 Å². The number of piperidine rings is 1. The molecule has 4 heteroatoms. The van der Waals surface area contributed by atoms with Crippen LogP contribution in [0.25, 0.3) is 0 Å². The van der Waals surface area contributed by atoms with Crippen molar-refractivity contribution in [3.63, 3.8) is 0 Å². The molecule has 0 spiro atoms. The second kappa shape index (κ2) is 7.30. The topological polar surface area (TPSA) is 36.7 Å². The molecule has 1 aromatic heterocycles. The summed E-state index contributed by atoms with van der Waals surface area (Å²) in [4.78, 5) is 17.4. The highest BCUT2D eigenvalue weighted by atomic mass is 16.3. The van der Waals surface area contributed by atoms with Gasteiger partial charge in [-0.05, 0) is 70.0 Å². The van der Waals surface area contributed by atoms with E-state index in [-0.39, 0.29) is 5.91 Å². The van der Waals surface area contributed by atoms with Gasteiger partial charge in [0.1, 0.15) is 11.5 Å². The van der Waals surface area contributed by atoms with Gasteiger partial charge in [0, 0.05) is 19.6 Å². The van der Waals surface area contributed by atoms with Gasteiger partial charge in [-0.2, -0.15) is 0 Å². The molecule has 0 bridgehead atoms. The van der Waals surface area contributed by atoms with E-state index in [0.717, 1.165) is 48.4 Å². The van der Waals surface area contributed by atoms with E-state index in [1.807, 2.05) is 24.8 Å². The lowest BCUT2D eigenvalue weighted by Gasteiger charge is -2.35. The van der Waals surface area contributed by atoms with Gasteiger partial charge in [0.25, 0.3) is 5.91 Å². The van der Waals surface area contributed by atoms with E-state index in [4.69, 9.17) is 4.42 Å². The first-order chi connectivity index (χ1) is 11.4. The van der Waals surface area contributed by atoms with E-state index >= 15 is 0 Å². The van der Waals surface area contributed by atoms with Crippen molar-refractivity contribution in [2.24, 2.45) is 17.8 Å². The van der Waals surface area contributed by atoms with Crippen LogP contribution < -0.4 is 0 Å². The summed E-state index contributed by atoms with van der Waals surface area (Å²) in [5, 5.41) is 0. The van der Waals surface area contributed by atoms with E-state index in [0.29, 0.717) is 5.92 Å². The number of carbonyl (C=O) groups is 1. The Bertz CT molecular complexity index is 570. The van der Waals surface area contributed by atoms with Crippen LogP contribution in [0.1, 0.15) is 55.0 Å². The lowest BCUT2D eigenvalue weighted by atomic mass is 9.83. The highest BCUT2D eigenvalue weighted by Gasteiger charge is 2.34. The van der Waals surface area contributed by atoms with Crippen LogP contribution in [0.4, 0.5) is 0 Å². The summed E-state index contributed by atoms with van der Waals surface area (Å²) in [5.74, 6) is 3.96. The largest absolute Gasteiger partial charge is 0.466 e. The first-order valence-corrected chi connectivity index (χ1v) is 9.52. The van der Waals surface area contributed by atoms with Crippen LogP contribution in [0.5, 0.6) is 0 Å². The summed E-state index contributed by atoms with van der Waals surface area (Å²) in [6.07, 6.45) is 3.75. The van der Waals surface area contributed by atoms with Gasteiger partial charge in [-0.15, -0.1) is 0 Å². The van der Waals surface area contributed by atoms with Crippen LogP contribution in [-0.2, 0) is 0 Å². The Morgan fingerprint density at radius 2 is 1.83 bits per heavy atom. The zero-order chi connectivity index (χ0) is 17.3. The molecule has 134 valence electrons. The molecule has 4 nitrogen and oxygen atoms in total. The van der Waals surface area contributed by atoms with E-state index < -0.39 is 0 Å². The van der Waals surface area contributed by atoms with Gasteiger partial charge >= 0.3 is 0 Å². The van der Waals surface area contributed by atoms with Crippen LogP contribution in [0.3, 0.4) is 0 Å². The number of carbonyl (C=O) groups excluding carboxylic acids is 1. The standard InChI is InChI=1S/C20H32N2O2/c1-14(2)12-21-8-5-17(6-9-21)18-7-10-22(13-18)20(23)19-11-15(3)24-16(19)4/h11,14,17-18H,5-10,12-13H2,1-4H3. The van der Waals surface area contributed by atoms with Gasteiger partial charge in [0.15, 0.2) is 0 Å². The SMILES string of the molecule is Cc1cc(C(=O)N2CCC(C3CCN(CC(C)C)CC3)C2)c(C)o1. The molecule has 1 atom stereocenters. The molecule has 1 amide bonds. The number of likely N-dealkylation sites (tertiary alicyclic amines) is 2. The maximum atomic E-state index is 12.7. The molecule has 2 saturated heterocycles. The van der Waals surface area contributed by atoms with Crippen molar-refractivity contribution in [1.82, 2.24) is 9.80 Å². The third-order valence-corrected chi connectivity index (χ3v) is 5.71. The fourth-order valence-electron chi connectivity index (χ4n) is 4.49. The Kier molecular flexibility index (Phi) is 5.33. The van der Waals surface area contributed by atoms with Crippen LogP contribution in [-0.4, -0.2) is 48.4 Å². The molecule has 1 unspecified atom stereocenters. The first-order valence-electron chi connectivity index (χ1n) is 9.52. The average molecular weight is 332 g/mol. The zero-order valence-corrected chi connectivity index (χ0v) is 15.7. The van der Waals surface area contributed by atoms with Crippen molar-refractivity contribution in [3.8, 4) is 0 Å². The molecular weight excluding hydrogens is 300 g/mol. The molecule has 2 aliphatic rings. The Labute approximate surface area is 146 Å². The second-order valence-electron chi connectivity index (χ2n) is 8.16. The van der Waals surface area contributed by atoms with Gasteiger partial charge in [-0.1, -0.05) is 13.8 Å². The molecule has 3 heterocycles. The summed E-state index contributed by atoms with van der Waals surface area (Å²) in [6.45, 7) is 13.9. The van der Waals surface area contributed by atoms with Crippen molar-refractivity contribution in [2.45, 2.75) is 47.0 Å². The van der Waals surface area contributed by atoms with Crippen molar-refractivity contribution >= 4 is 5.91 Å². The molecule has 2 fully saturated rings. The quantitative estimate of drug-likeness (QED) is 0.843. The monoisotopic (exact) mass is 332 g/mol. The highest BCUT2D eigenvalue weighted by Crippen LogP contribution is 2.33. The molecular formula is C20H32N2O2. The normalized spacial score (nSPS) is 23.4. The molecule has 0 saturated carbocycles. The smallest absolute Gasteiger partial charge is 0.257 e. The lowest BCUT2D eigenvalue weighted by Crippen LogP contribution is -2.39. The molecule has 2 aliphatic heterocycles. The predicted molar refractivity (Wildman–Crippen MR) is 96.2 cm³/mol. The minimum atomic E-state index is 0.157. The molecule has 3 rings (SSSR count). The molecule has 0 aliphatic carbocycles.